The van der Waals surface area contributed by atoms with Crippen LogP contribution in [0.25, 0.3) is 10.9 Å². The smallest absolute Gasteiger partial charge is 0.261 e. The van der Waals surface area contributed by atoms with E-state index in [0.717, 1.165) is 19.4 Å². The van der Waals surface area contributed by atoms with Gasteiger partial charge in [-0.1, -0.05) is 29.3 Å². The van der Waals surface area contributed by atoms with Gasteiger partial charge >= 0.3 is 0 Å². The van der Waals surface area contributed by atoms with Gasteiger partial charge in [0, 0.05) is 16.4 Å². The molecular weight excluding hydrogens is 393 g/mol. The third-order valence-corrected chi connectivity index (χ3v) is 5.88. The maximum atomic E-state index is 12.7. The van der Waals surface area contributed by atoms with Crippen LogP contribution in [-0.2, 0) is 4.79 Å². The van der Waals surface area contributed by atoms with Crippen LogP contribution in [0.4, 0.5) is 0 Å². The number of hydrogen-bond donors (Lipinski definition) is 0. The van der Waals surface area contributed by atoms with E-state index in [-0.39, 0.29) is 18.6 Å². The lowest BCUT2D eigenvalue weighted by atomic mass is 10.2. The summed E-state index contributed by atoms with van der Waals surface area (Å²) in [5.41, 5.74) is 0.547. The van der Waals surface area contributed by atoms with Gasteiger partial charge in [-0.15, -0.1) is 11.3 Å². The number of benzene rings is 1. The predicted octanol–water partition coefficient (Wildman–Crippen LogP) is 4.74. The molecule has 1 aromatic carbocycles. The molecule has 2 aromatic heterocycles. The van der Waals surface area contributed by atoms with Crippen LogP contribution in [0.1, 0.15) is 23.8 Å². The summed E-state index contributed by atoms with van der Waals surface area (Å²) in [6, 6.07) is 7.52. The molecule has 3 aromatic rings. The molecule has 3 heterocycles. The number of carbonyl (C=O) groups excluding carboxylic acids is 1. The molecule has 0 bridgehead atoms. The number of carbonyl (C=O) groups is 1. The van der Waals surface area contributed by atoms with Gasteiger partial charge in [0.15, 0.2) is 6.61 Å². The number of fused-ring (bicyclic) bond motifs is 1. The molecule has 0 N–H and O–H groups in total. The van der Waals surface area contributed by atoms with Crippen molar-refractivity contribution in [2.24, 2.45) is 0 Å². The highest BCUT2D eigenvalue weighted by molar-refractivity contribution is 7.10. The molecule has 1 amide bonds. The van der Waals surface area contributed by atoms with Gasteiger partial charge in [-0.3, -0.25) is 4.79 Å². The topological polar surface area (TPSA) is 55.3 Å². The van der Waals surface area contributed by atoms with Crippen molar-refractivity contribution in [3.63, 3.8) is 0 Å². The van der Waals surface area contributed by atoms with E-state index < -0.39 is 0 Å². The molecule has 1 aliphatic rings. The molecule has 1 unspecified atom stereocenters. The predicted molar refractivity (Wildman–Crippen MR) is 103 cm³/mol. The van der Waals surface area contributed by atoms with E-state index in [2.05, 4.69) is 16.0 Å². The minimum Gasteiger partial charge on any atom is -0.467 e. The molecule has 1 aliphatic heterocycles. The van der Waals surface area contributed by atoms with E-state index in [1.807, 2.05) is 16.3 Å². The highest BCUT2D eigenvalue weighted by Crippen LogP contribution is 2.35. The van der Waals surface area contributed by atoms with Crippen LogP contribution in [0.15, 0.2) is 36.0 Å². The van der Waals surface area contributed by atoms with E-state index in [1.54, 1.807) is 23.5 Å². The Morgan fingerprint density at radius 1 is 1.35 bits per heavy atom. The molecule has 1 saturated heterocycles. The number of halogens is 2. The molecule has 0 radical (unpaired) electrons. The number of rotatable bonds is 4. The van der Waals surface area contributed by atoms with E-state index in [4.69, 9.17) is 27.9 Å². The highest BCUT2D eigenvalue weighted by Gasteiger charge is 2.30. The zero-order valence-electron chi connectivity index (χ0n) is 13.7. The zero-order chi connectivity index (χ0) is 18.1. The molecule has 0 aliphatic carbocycles. The molecule has 0 saturated carbocycles. The van der Waals surface area contributed by atoms with Crippen LogP contribution in [0.3, 0.4) is 0 Å². The standard InChI is InChI=1S/C18H15Cl2N3O2S/c19-11-7-12-17(13(20)8-11)21-10-22-18(12)25-9-16(24)23-5-1-3-14(23)15-4-2-6-26-15/h2,4,6-8,10,14H,1,3,5,9H2. The van der Waals surface area contributed by atoms with Gasteiger partial charge in [-0.25, -0.2) is 9.97 Å². The van der Waals surface area contributed by atoms with Gasteiger partial charge in [0.25, 0.3) is 5.91 Å². The second-order valence-electron chi connectivity index (χ2n) is 6.01. The Morgan fingerprint density at radius 3 is 3.04 bits per heavy atom. The quantitative estimate of drug-likeness (QED) is 0.626. The summed E-state index contributed by atoms with van der Waals surface area (Å²) in [4.78, 5) is 24.1. The Hall–Kier alpha value is -1.89. The monoisotopic (exact) mass is 407 g/mol. The number of likely N-dealkylation sites (tertiary alicyclic amines) is 1. The fraction of sp³-hybridized carbons (Fsp3) is 0.278. The molecule has 1 atom stereocenters. The van der Waals surface area contributed by atoms with E-state index >= 15 is 0 Å². The first kappa shape index (κ1) is 17.5. The number of amides is 1. The van der Waals surface area contributed by atoms with Crippen molar-refractivity contribution in [1.29, 1.82) is 0 Å². The Bertz CT molecular complexity index is 949. The van der Waals surface area contributed by atoms with Crippen molar-refractivity contribution >= 4 is 51.3 Å². The molecule has 1 fully saturated rings. The molecule has 0 spiro atoms. The fourth-order valence-electron chi connectivity index (χ4n) is 3.24. The van der Waals surface area contributed by atoms with Gasteiger partial charge in [0.05, 0.1) is 22.0 Å². The van der Waals surface area contributed by atoms with E-state index in [9.17, 15) is 4.79 Å². The zero-order valence-corrected chi connectivity index (χ0v) is 16.0. The number of thiophene rings is 1. The third-order valence-electron chi connectivity index (χ3n) is 4.40. The molecule has 26 heavy (non-hydrogen) atoms. The van der Waals surface area contributed by atoms with Crippen molar-refractivity contribution in [2.75, 3.05) is 13.2 Å². The van der Waals surface area contributed by atoms with Gasteiger partial charge in [0.1, 0.15) is 6.33 Å². The summed E-state index contributed by atoms with van der Waals surface area (Å²) >= 11 is 13.9. The first-order valence-corrected chi connectivity index (χ1v) is 9.82. The Balaban J connectivity index is 1.52. The number of nitrogens with zero attached hydrogens (tertiary/aromatic N) is 3. The van der Waals surface area contributed by atoms with Crippen molar-refractivity contribution in [3.8, 4) is 5.88 Å². The normalized spacial score (nSPS) is 17.0. The third kappa shape index (κ3) is 3.37. The van der Waals surface area contributed by atoms with Crippen LogP contribution >= 0.6 is 34.5 Å². The molecule has 5 nitrogen and oxygen atoms in total. The first-order valence-electron chi connectivity index (χ1n) is 8.19. The van der Waals surface area contributed by atoms with Crippen molar-refractivity contribution < 1.29 is 9.53 Å². The maximum absolute atomic E-state index is 12.7. The first-order chi connectivity index (χ1) is 12.6. The largest absolute Gasteiger partial charge is 0.467 e. The molecule has 8 heteroatoms. The van der Waals surface area contributed by atoms with Crippen molar-refractivity contribution in [2.45, 2.75) is 18.9 Å². The average Bonchev–Trinajstić information content (AvgIpc) is 3.30. The van der Waals surface area contributed by atoms with Crippen LogP contribution < -0.4 is 4.74 Å². The van der Waals surface area contributed by atoms with Gasteiger partial charge in [-0.05, 0) is 36.4 Å². The molecule has 134 valence electrons. The van der Waals surface area contributed by atoms with E-state index in [1.165, 1.54) is 11.2 Å². The van der Waals surface area contributed by atoms with Gasteiger partial charge < -0.3 is 9.64 Å². The van der Waals surface area contributed by atoms with Crippen LogP contribution in [0.2, 0.25) is 10.0 Å². The van der Waals surface area contributed by atoms with E-state index in [0.29, 0.717) is 26.8 Å². The van der Waals surface area contributed by atoms with Crippen molar-refractivity contribution in [1.82, 2.24) is 14.9 Å². The molecular formula is C18H15Cl2N3O2S. The van der Waals surface area contributed by atoms with Crippen molar-refractivity contribution in [3.05, 3.63) is 50.9 Å². The lowest BCUT2D eigenvalue weighted by Crippen LogP contribution is -2.34. The highest BCUT2D eigenvalue weighted by atomic mass is 35.5. The Kier molecular flexibility index (Phi) is 4.98. The number of ether oxygens (including phenoxy) is 1. The number of aromatic nitrogens is 2. The summed E-state index contributed by atoms with van der Waals surface area (Å²) < 4.78 is 5.71. The van der Waals surface area contributed by atoms with Gasteiger partial charge in [0.2, 0.25) is 5.88 Å². The fourth-order valence-corrected chi connectivity index (χ4v) is 4.65. The summed E-state index contributed by atoms with van der Waals surface area (Å²) in [6.07, 6.45) is 3.34. The minimum atomic E-state index is -0.0852. The summed E-state index contributed by atoms with van der Waals surface area (Å²) in [5.74, 6) is 0.250. The second-order valence-corrected chi connectivity index (χ2v) is 7.83. The lowest BCUT2D eigenvalue weighted by Gasteiger charge is -2.23. The second kappa shape index (κ2) is 7.39. The average molecular weight is 408 g/mol. The maximum Gasteiger partial charge on any atom is 0.261 e. The number of hydrogen-bond acceptors (Lipinski definition) is 5. The Morgan fingerprint density at radius 2 is 2.23 bits per heavy atom. The van der Waals surface area contributed by atoms with Crippen LogP contribution in [0.5, 0.6) is 5.88 Å². The van der Waals surface area contributed by atoms with Crippen LogP contribution in [0, 0.1) is 0 Å². The molecule has 4 rings (SSSR count). The van der Waals surface area contributed by atoms with Gasteiger partial charge in [-0.2, -0.15) is 0 Å². The SMILES string of the molecule is O=C(COc1ncnc2c(Cl)cc(Cl)cc12)N1CCCC1c1cccs1. The minimum absolute atomic E-state index is 0.0548. The lowest BCUT2D eigenvalue weighted by molar-refractivity contribution is -0.134. The Labute approximate surface area is 164 Å². The summed E-state index contributed by atoms with van der Waals surface area (Å²) in [6.45, 7) is 0.658. The summed E-state index contributed by atoms with van der Waals surface area (Å²) in [5, 5.41) is 3.51. The van der Waals surface area contributed by atoms with Crippen LogP contribution in [-0.4, -0.2) is 33.9 Å². The summed E-state index contributed by atoms with van der Waals surface area (Å²) in [7, 11) is 0.